The van der Waals surface area contributed by atoms with E-state index in [0.717, 1.165) is 56.0 Å². The van der Waals surface area contributed by atoms with E-state index in [1.165, 1.54) is 12.8 Å². The van der Waals surface area contributed by atoms with Crippen LogP contribution in [0.1, 0.15) is 31.7 Å². The van der Waals surface area contributed by atoms with Gasteiger partial charge in [-0.15, -0.1) is 0 Å². The lowest BCUT2D eigenvalue weighted by Gasteiger charge is -2.41. The second kappa shape index (κ2) is 6.10. The fraction of sp³-hybridized carbons (Fsp3) is 0.684. The molecule has 132 valence electrons. The first kappa shape index (κ1) is 16.0. The molecule has 1 saturated heterocycles. The van der Waals surface area contributed by atoms with Crippen molar-refractivity contribution in [3.8, 4) is 5.75 Å². The fourth-order valence-electron chi connectivity index (χ4n) is 4.20. The van der Waals surface area contributed by atoms with Crippen molar-refractivity contribution in [1.29, 1.82) is 0 Å². The van der Waals surface area contributed by atoms with Gasteiger partial charge in [0.2, 0.25) is 0 Å². The van der Waals surface area contributed by atoms with Crippen molar-refractivity contribution in [2.45, 2.75) is 44.7 Å². The molecule has 0 aromatic heterocycles. The molecule has 0 radical (unpaired) electrons. The van der Waals surface area contributed by atoms with Gasteiger partial charge < -0.3 is 19.4 Å². The van der Waals surface area contributed by atoms with Crippen LogP contribution in [-0.4, -0.2) is 57.3 Å². The maximum Gasteiger partial charge on any atom is 0.168 e. The number of aryl methyl sites for hydroxylation is 1. The van der Waals surface area contributed by atoms with Crippen LogP contribution in [-0.2, 0) is 6.42 Å². The third-order valence-electron chi connectivity index (χ3n) is 5.86. The third-order valence-corrected chi connectivity index (χ3v) is 5.86. The Labute approximate surface area is 144 Å². The Kier molecular flexibility index (Phi) is 4.07. The minimum absolute atomic E-state index is 0.125. The molecule has 0 N–H and O–H groups in total. The number of methoxy groups -OCH3 is 1. The first-order valence-corrected chi connectivity index (χ1v) is 9.21. The highest BCUT2D eigenvalue weighted by molar-refractivity contribution is 5.78. The molecule has 0 bridgehead atoms. The van der Waals surface area contributed by atoms with E-state index in [4.69, 9.17) is 4.74 Å². The van der Waals surface area contributed by atoms with E-state index < -0.39 is 0 Å². The van der Waals surface area contributed by atoms with Gasteiger partial charge in [-0.1, -0.05) is 0 Å². The first-order chi connectivity index (χ1) is 11.6. The number of rotatable bonds is 3. The average Bonchev–Trinajstić information content (AvgIpc) is 3.40. The number of hydrogen-bond donors (Lipinski definition) is 0. The first-order valence-electron chi connectivity index (χ1n) is 9.21. The van der Waals surface area contributed by atoms with Gasteiger partial charge in [-0.05, 0) is 51.3 Å². The standard InChI is InChI=1S/C19H28FN3O/c1-13-12-22(10-9-21(13)2)18-16(20)11-14-5-4-8-23(15-6-7-15)17(14)19(18)24-3/h11,13,15H,4-10,12H2,1-3H3. The Morgan fingerprint density at radius 2 is 1.96 bits per heavy atom. The Bertz CT molecular complexity index is 632. The molecule has 1 saturated carbocycles. The van der Waals surface area contributed by atoms with Gasteiger partial charge >= 0.3 is 0 Å². The minimum atomic E-state index is -0.125. The summed E-state index contributed by atoms with van der Waals surface area (Å²) in [4.78, 5) is 6.98. The summed E-state index contributed by atoms with van der Waals surface area (Å²) >= 11 is 0. The average molecular weight is 333 g/mol. The monoisotopic (exact) mass is 333 g/mol. The van der Waals surface area contributed by atoms with Crippen molar-refractivity contribution in [3.05, 3.63) is 17.4 Å². The van der Waals surface area contributed by atoms with E-state index in [9.17, 15) is 0 Å². The third kappa shape index (κ3) is 2.63. The molecule has 1 aromatic rings. The number of piperazine rings is 1. The van der Waals surface area contributed by atoms with Crippen LogP contribution in [0.5, 0.6) is 5.75 Å². The van der Waals surface area contributed by atoms with Gasteiger partial charge in [-0.3, -0.25) is 0 Å². The van der Waals surface area contributed by atoms with E-state index in [1.54, 1.807) is 13.2 Å². The molecule has 1 unspecified atom stereocenters. The predicted molar refractivity (Wildman–Crippen MR) is 95.9 cm³/mol. The van der Waals surface area contributed by atoms with Gasteiger partial charge in [0.15, 0.2) is 11.6 Å². The molecule has 5 heteroatoms. The molecular weight excluding hydrogens is 305 g/mol. The van der Waals surface area contributed by atoms with Gasteiger partial charge in [-0.2, -0.15) is 0 Å². The lowest BCUT2D eigenvalue weighted by atomic mass is 9.98. The smallest absolute Gasteiger partial charge is 0.168 e. The molecule has 1 atom stereocenters. The molecule has 2 fully saturated rings. The summed E-state index contributed by atoms with van der Waals surface area (Å²) in [5.74, 6) is 0.633. The van der Waals surface area contributed by atoms with E-state index in [1.807, 2.05) is 0 Å². The van der Waals surface area contributed by atoms with Crippen LogP contribution in [0.4, 0.5) is 15.8 Å². The lowest BCUT2D eigenvalue weighted by Crippen LogP contribution is -2.50. The van der Waals surface area contributed by atoms with E-state index >= 15 is 4.39 Å². The maximum atomic E-state index is 15.0. The summed E-state index contributed by atoms with van der Waals surface area (Å²) in [6.07, 6.45) is 4.56. The molecule has 1 aromatic carbocycles. The van der Waals surface area contributed by atoms with Crippen molar-refractivity contribution in [3.63, 3.8) is 0 Å². The van der Waals surface area contributed by atoms with Crippen molar-refractivity contribution >= 4 is 11.4 Å². The van der Waals surface area contributed by atoms with Gasteiger partial charge in [0.25, 0.3) is 0 Å². The highest BCUT2D eigenvalue weighted by Gasteiger charge is 2.37. The van der Waals surface area contributed by atoms with E-state index in [-0.39, 0.29) is 5.82 Å². The molecule has 4 rings (SSSR count). The van der Waals surface area contributed by atoms with Crippen LogP contribution in [0.25, 0.3) is 0 Å². The summed E-state index contributed by atoms with van der Waals surface area (Å²) in [5, 5.41) is 0. The Hall–Kier alpha value is -1.49. The quantitative estimate of drug-likeness (QED) is 0.846. The topological polar surface area (TPSA) is 19.0 Å². The van der Waals surface area contributed by atoms with Gasteiger partial charge in [-0.25, -0.2) is 4.39 Å². The summed E-state index contributed by atoms with van der Waals surface area (Å²) in [7, 11) is 3.83. The Morgan fingerprint density at radius 1 is 1.17 bits per heavy atom. The second-order valence-electron chi connectivity index (χ2n) is 7.55. The lowest BCUT2D eigenvalue weighted by molar-refractivity contribution is 0.232. The maximum absolute atomic E-state index is 15.0. The van der Waals surface area contributed by atoms with Crippen LogP contribution < -0.4 is 14.5 Å². The number of fused-ring (bicyclic) bond motifs is 1. The van der Waals surface area contributed by atoms with E-state index in [2.05, 4.69) is 28.7 Å². The van der Waals surface area contributed by atoms with E-state index in [0.29, 0.717) is 17.8 Å². The molecule has 2 heterocycles. The highest BCUT2D eigenvalue weighted by Crippen LogP contribution is 2.48. The number of hydrogen-bond acceptors (Lipinski definition) is 4. The number of ether oxygens (including phenoxy) is 1. The van der Waals surface area contributed by atoms with Crippen molar-refractivity contribution in [2.75, 3.05) is 50.1 Å². The molecule has 4 nitrogen and oxygen atoms in total. The molecule has 0 amide bonds. The summed E-state index contributed by atoms with van der Waals surface area (Å²) in [6.45, 7) is 5.90. The van der Waals surface area contributed by atoms with Crippen molar-refractivity contribution < 1.29 is 9.13 Å². The Balaban J connectivity index is 1.78. The minimum Gasteiger partial charge on any atom is -0.492 e. The zero-order valence-electron chi connectivity index (χ0n) is 15.0. The van der Waals surface area contributed by atoms with Crippen LogP contribution in [0.2, 0.25) is 0 Å². The Morgan fingerprint density at radius 3 is 2.62 bits per heavy atom. The van der Waals surface area contributed by atoms with Crippen LogP contribution in [0, 0.1) is 5.82 Å². The second-order valence-corrected chi connectivity index (χ2v) is 7.55. The molecule has 2 aliphatic heterocycles. The largest absolute Gasteiger partial charge is 0.492 e. The number of likely N-dealkylation sites (N-methyl/N-ethyl adjacent to an activating group) is 1. The molecular formula is C19H28FN3O. The van der Waals surface area contributed by atoms with Crippen molar-refractivity contribution in [2.24, 2.45) is 0 Å². The fourth-order valence-corrected chi connectivity index (χ4v) is 4.20. The summed E-state index contributed by atoms with van der Waals surface area (Å²) < 4.78 is 20.8. The zero-order chi connectivity index (χ0) is 16.8. The SMILES string of the molecule is COc1c(N2CCN(C)C(C)C2)c(F)cc2c1N(C1CC1)CCC2. The van der Waals surface area contributed by atoms with Gasteiger partial charge in [0.05, 0.1) is 12.8 Å². The zero-order valence-corrected chi connectivity index (χ0v) is 15.0. The van der Waals surface area contributed by atoms with Gasteiger partial charge in [0.1, 0.15) is 5.69 Å². The molecule has 3 aliphatic rings. The van der Waals surface area contributed by atoms with Crippen molar-refractivity contribution in [1.82, 2.24) is 4.90 Å². The molecule has 24 heavy (non-hydrogen) atoms. The molecule has 1 aliphatic carbocycles. The van der Waals surface area contributed by atoms with Crippen LogP contribution in [0.15, 0.2) is 6.07 Å². The molecule has 0 spiro atoms. The van der Waals surface area contributed by atoms with Crippen LogP contribution in [0.3, 0.4) is 0 Å². The predicted octanol–water partition coefficient (Wildman–Crippen LogP) is 2.89. The normalized spacial score (nSPS) is 24.9. The summed E-state index contributed by atoms with van der Waals surface area (Å²) in [5.41, 5.74) is 2.95. The number of benzene rings is 1. The number of halogens is 1. The van der Waals surface area contributed by atoms with Crippen LogP contribution >= 0.6 is 0 Å². The highest BCUT2D eigenvalue weighted by atomic mass is 19.1. The summed E-state index contributed by atoms with van der Waals surface area (Å²) in [6, 6.07) is 2.81. The number of nitrogens with zero attached hydrogens (tertiary/aromatic N) is 3. The number of anilines is 2. The van der Waals surface area contributed by atoms with Gasteiger partial charge in [0, 0.05) is 38.3 Å².